The van der Waals surface area contributed by atoms with Gasteiger partial charge in [-0.2, -0.15) is 13.1 Å². The third-order valence-corrected chi connectivity index (χ3v) is 8.74. The van der Waals surface area contributed by atoms with Crippen LogP contribution in [0.25, 0.3) is 0 Å². The van der Waals surface area contributed by atoms with E-state index in [9.17, 15) is 17.2 Å². The summed E-state index contributed by atoms with van der Waals surface area (Å²) in [6.07, 6.45) is 4.29. The smallest absolute Gasteiger partial charge is 0.387 e. The molecular formula is C21H30F2N2O4S. The first-order chi connectivity index (χ1) is 14.3. The van der Waals surface area contributed by atoms with E-state index in [1.165, 1.54) is 24.3 Å². The van der Waals surface area contributed by atoms with Crippen LogP contribution in [0.15, 0.2) is 29.2 Å². The Morgan fingerprint density at radius 2 is 1.73 bits per heavy atom. The van der Waals surface area contributed by atoms with Crippen molar-refractivity contribution in [3.05, 3.63) is 24.3 Å². The molecule has 0 N–H and O–H groups in total. The first-order valence-corrected chi connectivity index (χ1v) is 12.1. The summed E-state index contributed by atoms with van der Waals surface area (Å²) >= 11 is 0. The topological polar surface area (TPSA) is 59.1 Å². The van der Waals surface area contributed by atoms with E-state index in [2.05, 4.69) is 16.7 Å². The summed E-state index contributed by atoms with van der Waals surface area (Å²) in [5.41, 5.74) is 0. The molecule has 2 heterocycles. The number of sulfonamides is 1. The predicted molar refractivity (Wildman–Crippen MR) is 108 cm³/mol. The van der Waals surface area contributed by atoms with Crippen molar-refractivity contribution in [2.45, 2.75) is 43.2 Å². The van der Waals surface area contributed by atoms with E-state index < -0.39 is 16.6 Å². The fourth-order valence-electron chi connectivity index (χ4n) is 5.21. The summed E-state index contributed by atoms with van der Waals surface area (Å²) in [5, 5.41) is 0. The summed E-state index contributed by atoms with van der Waals surface area (Å²) in [6.45, 7) is 0.937. The predicted octanol–water partition coefficient (Wildman–Crippen LogP) is 3.05. The summed E-state index contributed by atoms with van der Waals surface area (Å²) in [4.78, 5) is 2.59. The molecule has 30 heavy (non-hydrogen) atoms. The maximum atomic E-state index is 13.0. The minimum absolute atomic E-state index is 0.0438. The number of halogens is 2. The highest BCUT2D eigenvalue weighted by Gasteiger charge is 2.45. The minimum Gasteiger partial charge on any atom is -0.435 e. The average molecular weight is 445 g/mol. The monoisotopic (exact) mass is 444 g/mol. The summed E-state index contributed by atoms with van der Waals surface area (Å²) in [7, 11) is -1.43. The van der Waals surface area contributed by atoms with E-state index in [-0.39, 0.29) is 10.6 Å². The molecule has 1 aromatic carbocycles. The van der Waals surface area contributed by atoms with Crippen LogP contribution in [-0.2, 0) is 14.8 Å². The highest BCUT2D eigenvalue weighted by Crippen LogP contribution is 2.42. The molecule has 0 aromatic heterocycles. The van der Waals surface area contributed by atoms with Crippen LogP contribution < -0.4 is 4.74 Å². The van der Waals surface area contributed by atoms with E-state index in [1.807, 2.05) is 0 Å². The van der Waals surface area contributed by atoms with Crippen molar-refractivity contribution < 1.29 is 26.7 Å². The number of benzene rings is 1. The molecule has 3 fully saturated rings. The van der Waals surface area contributed by atoms with Gasteiger partial charge >= 0.3 is 6.61 Å². The van der Waals surface area contributed by atoms with Gasteiger partial charge in [-0.05, 0) is 74.8 Å². The van der Waals surface area contributed by atoms with Gasteiger partial charge in [0.25, 0.3) is 0 Å². The quantitative estimate of drug-likeness (QED) is 0.647. The molecule has 2 aliphatic heterocycles. The van der Waals surface area contributed by atoms with Crippen LogP contribution >= 0.6 is 0 Å². The van der Waals surface area contributed by atoms with E-state index in [0.29, 0.717) is 36.9 Å². The fourth-order valence-corrected chi connectivity index (χ4v) is 6.76. The molecule has 9 heteroatoms. The molecule has 2 saturated heterocycles. The first-order valence-electron chi connectivity index (χ1n) is 10.7. The maximum Gasteiger partial charge on any atom is 0.387 e. The zero-order valence-electron chi connectivity index (χ0n) is 17.3. The molecular weight excluding hydrogens is 414 g/mol. The van der Waals surface area contributed by atoms with Gasteiger partial charge in [0.15, 0.2) is 0 Å². The van der Waals surface area contributed by atoms with Gasteiger partial charge in [-0.15, -0.1) is 0 Å². The molecule has 6 nitrogen and oxygen atoms in total. The number of ether oxygens (including phenoxy) is 2. The molecule has 1 saturated carbocycles. The fraction of sp³-hybridized carbons (Fsp3) is 0.714. The Morgan fingerprint density at radius 3 is 2.30 bits per heavy atom. The van der Waals surface area contributed by atoms with Crippen LogP contribution in [-0.4, -0.2) is 70.2 Å². The molecule has 1 aromatic rings. The van der Waals surface area contributed by atoms with Gasteiger partial charge in [0.2, 0.25) is 10.0 Å². The van der Waals surface area contributed by atoms with Crippen molar-refractivity contribution in [2.24, 2.45) is 17.8 Å². The Morgan fingerprint density at radius 1 is 1.13 bits per heavy atom. The average Bonchev–Trinajstić information content (AvgIpc) is 3.28. The second-order valence-electron chi connectivity index (χ2n) is 8.81. The van der Waals surface area contributed by atoms with Gasteiger partial charge in [-0.3, -0.25) is 0 Å². The van der Waals surface area contributed by atoms with Crippen molar-refractivity contribution in [2.75, 3.05) is 39.9 Å². The number of alkyl halides is 2. The van der Waals surface area contributed by atoms with E-state index >= 15 is 0 Å². The normalized spacial score (nSPS) is 28.4. The maximum absolute atomic E-state index is 13.0. The lowest BCUT2D eigenvalue weighted by atomic mass is 9.99. The molecule has 4 rings (SSSR count). The second kappa shape index (κ2) is 9.06. The van der Waals surface area contributed by atoms with E-state index in [0.717, 1.165) is 45.4 Å². The van der Waals surface area contributed by atoms with E-state index in [1.54, 1.807) is 4.31 Å². The van der Waals surface area contributed by atoms with Gasteiger partial charge < -0.3 is 14.4 Å². The van der Waals surface area contributed by atoms with Crippen molar-refractivity contribution >= 4 is 10.0 Å². The number of hydrogen-bond donors (Lipinski definition) is 0. The van der Waals surface area contributed by atoms with Crippen LogP contribution in [0.1, 0.15) is 25.7 Å². The first kappa shape index (κ1) is 21.9. The lowest BCUT2D eigenvalue weighted by molar-refractivity contribution is -0.0498. The van der Waals surface area contributed by atoms with Crippen LogP contribution in [0.5, 0.6) is 5.75 Å². The standard InChI is InChI=1S/C21H30F2N2O4S/c1-24(12-15-6-8-28-9-7-15)18-10-16-13-25(14-17(16)11-18)30(26,27)20-4-2-19(3-5-20)29-21(22)23/h2-5,15-18,21H,6-14H2,1H3. The molecule has 168 valence electrons. The van der Waals surface area contributed by atoms with Crippen LogP contribution in [0.4, 0.5) is 8.78 Å². The lowest BCUT2D eigenvalue weighted by Crippen LogP contribution is -2.37. The largest absolute Gasteiger partial charge is 0.435 e. The van der Waals surface area contributed by atoms with E-state index in [4.69, 9.17) is 4.74 Å². The highest BCUT2D eigenvalue weighted by molar-refractivity contribution is 7.89. The van der Waals surface area contributed by atoms with Crippen molar-refractivity contribution in [3.8, 4) is 5.75 Å². The Bertz CT molecular complexity index is 801. The Balaban J connectivity index is 1.33. The second-order valence-corrected chi connectivity index (χ2v) is 10.8. The Labute approximate surface area is 177 Å². The van der Waals surface area contributed by atoms with Crippen LogP contribution in [0.3, 0.4) is 0 Å². The molecule has 0 amide bonds. The van der Waals surface area contributed by atoms with Gasteiger partial charge in [0.05, 0.1) is 4.90 Å². The van der Waals surface area contributed by atoms with Crippen LogP contribution in [0, 0.1) is 17.8 Å². The minimum atomic E-state index is -3.62. The highest BCUT2D eigenvalue weighted by atomic mass is 32.2. The summed E-state index contributed by atoms with van der Waals surface area (Å²) < 4.78 is 61.9. The number of fused-ring (bicyclic) bond motifs is 1. The molecule has 0 spiro atoms. The number of nitrogens with zero attached hydrogens (tertiary/aromatic N) is 2. The van der Waals surface area contributed by atoms with Crippen molar-refractivity contribution in [1.29, 1.82) is 0 Å². The SMILES string of the molecule is CN(CC1CCOCC1)C1CC2CN(S(=O)(=O)c3ccc(OC(F)F)cc3)CC2C1. The van der Waals surface area contributed by atoms with Gasteiger partial charge in [-0.1, -0.05) is 0 Å². The molecule has 0 bridgehead atoms. The van der Waals surface area contributed by atoms with Crippen molar-refractivity contribution in [1.82, 2.24) is 9.21 Å². The third-order valence-electron chi connectivity index (χ3n) is 6.89. The Hall–Kier alpha value is -1.29. The van der Waals surface area contributed by atoms with Crippen LogP contribution in [0.2, 0.25) is 0 Å². The van der Waals surface area contributed by atoms with Crippen molar-refractivity contribution in [3.63, 3.8) is 0 Å². The molecule has 2 unspecified atom stereocenters. The lowest BCUT2D eigenvalue weighted by Gasteiger charge is -2.31. The number of hydrogen-bond acceptors (Lipinski definition) is 5. The third kappa shape index (κ3) is 4.79. The summed E-state index contributed by atoms with van der Waals surface area (Å²) in [5.74, 6) is 1.41. The number of rotatable bonds is 7. The summed E-state index contributed by atoms with van der Waals surface area (Å²) in [6, 6.07) is 5.74. The van der Waals surface area contributed by atoms with Gasteiger partial charge in [-0.25, -0.2) is 8.42 Å². The zero-order chi connectivity index (χ0) is 21.3. The molecule has 1 aliphatic carbocycles. The molecule has 2 atom stereocenters. The Kier molecular flexibility index (Phi) is 6.62. The molecule has 3 aliphatic rings. The molecule has 0 radical (unpaired) electrons. The van der Waals surface area contributed by atoms with Gasteiger partial charge in [0, 0.05) is 38.9 Å². The zero-order valence-corrected chi connectivity index (χ0v) is 18.1. The van der Waals surface area contributed by atoms with Gasteiger partial charge in [0.1, 0.15) is 5.75 Å².